The quantitative estimate of drug-likeness (QED) is 0.776. The highest BCUT2D eigenvalue weighted by molar-refractivity contribution is 5.42. The van der Waals surface area contributed by atoms with Crippen LogP contribution in [-0.4, -0.2) is 11.1 Å². The number of rotatable bonds is 4. The number of hydrogen-bond donors (Lipinski definition) is 1. The maximum atomic E-state index is 3.36. The summed E-state index contributed by atoms with van der Waals surface area (Å²) in [5, 5.41) is 3.36. The molecule has 14 heavy (non-hydrogen) atoms. The summed E-state index contributed by atoms with van der Waals surface area (Å²) < 4.78 is 2.16. The van der Waals surface area contributed by atoms with Crippen molar-refractivity contribution < 1.29 is 0 Å². The third-order valence-electron chi connectivity index (χ3n) is 2.14. The first kappa shape index (κ1) is 8.88. The van der Waals surface area contributed by atoms with Crippen LogP contribution in [-0.2, 0) is 6.54 Å². The van der Waals surface area contributed by atoms with Gasteiger partial charge in [0, 0.05) is 31.2 Å². The van der Waals surface area contributed by atoms with Crippen LogP contribution in [0, 0.1) is 0 Å². The van der Waals surface area contributed by atoms with Crippen molar-refractivity contribution in [1.82, 2.24) is 4.57 Å². The molecule has 1 N–H and O–H groups in total. The Balaban J connectivity index is 1.79. The average Bonchev–Trinajstić information content (AvgIpc) is 2.72. The monoisotopic (exact) mass is 186 g/mol. The van der Waals surface area contributed by atoms with Crippen molar-refractivity contribution in [3.05, 3.63) is 54.9 Å². The molecule has 1 aromatic heterocycles. The van der Waals surface area contributed by atoms with Gasteiger partial charge < -0.3 is 9.88 Å². The molecule has 2 rings (SSSR count). The highest BCUT2D eigenvalue weighted by Crippen LogP contribution is 2.04. The van der Waals surface area contributed by atoms with Crippen LogP contribution in [0.1, 0.15) is 0 Å². The predicted octanol–water partition coefficient (Wildman–Crippen LogP) is 2.60. The van der Waals surface area contributed by atoms with Gasteiger partial charge in [0.15, 0.2) is 0 Å². The fourth-order valence-electron chi connectivity index (χ4n) is 1.40. The van der Waals surface area contributed by atoms with Crippen molar-refractivity contribution in [3.8, 4) is 0 Å². The lowest BCUT2D eigenvalue weighted by Crippen LogP contribution is -2.08. The number of nitrogens with one attached hydrogen (secondary N) is 1. The van der Waals surface area contributed by atoms with Gasteiger partial charge in [0.05, 0.1) is 0 Å². The van der Waals surface area contributed by atoms with Gasteiger partial charge in [0.1, 0.15) is 0 Å². The molecule has 2 nitrogen and oxygen atoms in total. The predicted molar refractivity (Wildman–Crippen MR) is 59.4 cm³/mol. The number of aromatic nitrogens is 1. The Hall–Kier alpha value is -1.70. The lowest BCUT2D eigenvalue weighted by atomic mass is 10.3. The minimum atomic E-state index is 0.957. The van der Waals surface area contributed by atoms with Crippen LogP contribution < -0.4 is 5.32 Å². The van der Waals surface area contributed by atoms with Crippen molar-refractivity contribution in [2.24, 2.45) is 0 Å². The summed E-state index contributed by atoms with van der Waals surface area (Å²) in [7, 11) is 0. The van der Waals surface area contributed by atoms with E-state index in [2.05, 4.69) is 34.4 Å². The second-order valence-corrected chi connectivity index (χ2v) is 3.21. The van der Waals surface area contributed by atoms with Gasteiger partial charge >= 0.3 is 0 Å². The maximum absolute atomic E-state index is 3.36. The number of anilines is 1. The minimum absolute atomic E-state index is 0.957. The van der Waals surface area contributed by atoms with E-state index in [4.69, 9.17) is 0 Å². The molecule has 2 heteroatoms. The molecule has 0 aliphatic heterocycles. The zero-order valence-electron chi connectivity index (χ0n) is 8.06. The molecule has 0 atom stereocenters. The molecule has 0 saturated heterocycles. The van der Waals surface area contributed by atoms with E-state index < -0.39 is 0 Å². The molecule has 0 saturated carbocycles. The minimum Gasteiger partial charge on any atom is -0.383 e. The SMILES string of the molecule is c1ccc(NCCn2cccc2)cc1. The lowest BCUT2D eigenvalue weighted by Gasteiger charge is -2.06. The zero-order chi connectivity index (χ0) is 9.64. The fourth-order valence-corrected chi connectivity index (χ4v) is 1.40. The maximum Gasteiger partial charge on any atom is 0.0393 e. The Morgan fingerprint density at radius 3 is 2.36 bits per heavy atom. The molecule has 0 aliphatic carbocycles. The van der Waals surface area contributed by atoms with Gasteiger partial charge in [-0.25, -0.2) is 0 Å². The Morgan fingerprint density at radius 2 is 1.64 bits per heavy atom. The summed E-state index contributed by atoms with van der Waals surface area (Å²) in [6.07, 6.45) is 4.15. The van der Waals surface area contributed by atoms with Gasteiger partial charge in [-0.3, -0.25) is 0 Å². The topological polar surface area (TPSA) is 17.0 Å². The van der Waals surface area contributed by atoms with Crippen LogP contribution in [0.15, 0.2) is 54.9 Å². The first-order valence-corrected chi connectivity index (χ1v) is 4.85. The molecule has 0 bridgehead atoms. The largest absolute Gasteiger partial charge is 0.383 e. The third-order valence-corrected chi connectivity index (χ3v) is 2.14. The molecule has 0 amide bonds. The van der Waals surface area contributed by atoms with Gasteiger partial charge in [-0.15, -0.1) is 0 Å². The van der Waals surface area contributed by atoms with E-state index in [1.165, 1.54) is 5.69 Å². The van der Waals surface area contributed by atoms with Crippen molar-refractivity contribution in [1.29, 1.82) is 0 Å². The fraction of sp³-hybridized carbons (Fsp3) is 0.167. The van der Waals surface area contributed by atoms with Crippen LogP contribution >= 0.6 is 0 Å². The summed E-state index contributed by atoms with van der Waals surface area (Å²) in [5.74, 6) is 0. The number of para-hydroxylation sites is 1. The first-order chi connectivity index (χ1) is 6.95. The summed E-state index contributed by atoms with van der Waals surface area (Å²) in [6.45, 7) is 1.96. The second-order valence-electron chi connectivity index (χ2n) is 3.21. The average molecular weight is 186 g/mol. The lowest BCUT2D eigenvalue weighted by molar-refractivity contribution is 0.733. The molecule has 0 fully saturated rings. The molecule has 0 radical (unpaired) electrons. The van der Waals surface area contributed by atoms with E-state index in [0.29, 0.717) is 0 Å². The molecule has 0 spiro atoms. The number of benzene rings is 1. The Morgan fingerprint density at radius 1 is 0.929 bits per heavy atom. The molecule has 1 heterocycles. The van der Waals surface area contributed by atoms with Gasteiger partial charge in [0.2, 0.25) is 0 Å². The van der Waals surface area contributed by atoms with E-state index >= 15 is 0 Å². The van der Waals surface area contributed by atoms with Gasteiger partial charge in [0.25, 0.3) is 0 Å². The highest BCUT2D eigenvalue weighted by Gasteiger charge is 1.89. The molecule has 1 aromatic carbocycles. The number of nitrogens with zero attached hydrogens (tertiary/aromatic N) is 1. The molecular weight excluding hydrogens is 172 g/mol. The summed E-state index contributed by atoms with van der Waals surface area (Å²) in [6, 6.07) is 14.4. The second kappa shape index (κ2) is 4.51. The first-order valence-electron chi connectivity index (χ1n) is 4.85. The van der Waals surface area contributed by atoms with E-state index in [-0.39, 0.29) is 0 Å². The summed E-state index contributed by atoms with van der Waals surface area (Å²) in [5.41, 5.74) is 1.18. The zero-order valence-corrected chi connectivity index (χ0v) is 8.06. The molecule has 2 aromatic rings. The Bertz CT molecular complexity index is 351. The van der Waals surface area contributed by atoms with Crippen molar-refractivity contribution in [2.45, 2.75) is 6.54 Å². The van der Waals surface area contributed by atoms with Crippen LogP contribution in [0.3, 0.4) is 0 Å². The van der Waals surface area contributed by atoms with Crippen LogP contribution in [0.5, 0.6) is 0 Å². The molecule has 0 aliphatic rings. The van der Waals surface area contributed by atoms with Gasteiger partial charge in [-0.1, -0.05) is 18.2 Å². The highest BCUT2D eigenvalue weighted by atomic mass is 15.0. The number of hydrogen-bond acceptors (Lipinski definition) is 1. The van der Waals surface area contributed by atoms with Crippen LogP contribution in [0.4, 0.5) is 5.69 Å². The standard InChI is InChI=1S/C12H14N2/c1-2-6-12(7-3-1)13-8-11-14-9-4-5-10-14/h1-7,9-10,13H,8,11H2. The van der Waals surface area contributed by atoms with E-state index in [1.807, 2.05) is 30.3 Å². The van der Waals surface area contributed by atoms with Crippen molar-refractivity contribution in [3.63, 3.8) is 0 Å². The molecular formula is C12H14N2. The third kappa shape index (κ3) is 2.39. The van der Waals surface area contributed by atoms with Crippen LogP contribution in [0.2, 0.25) is 0 Å². The summed E-state index contributed by atoms with van der Waals surface area (Å²) in [4.78, 5) is 0. The van der Waals surface area contributed by atoms with E-state index in [0.717, 1.165) is 13.1 Å². The van der Waals surface area contributed by atoms with Crippen molar-refractivity contribution >= 4 is 5.69 Å². The Labute approximate surface area is 84.2 Å². The van der Waals surface area contributed by atoms with E-state index in [9.17, 15) is 0 Å². The molecule has 0 unspecified atom stereocenters. The van der Waals surface area contributed by atoms with Gasteiger partial charge in [-0.2, -0.15) is 0 Å². The van der Waals surface area contributed by atoms with Crippen molar-refractivity contribution in [2.75, 3.05) is 11.9 Å². The normalized spacial score (nSPS) is 10.0. The van der Waals surface area contributed by atoms with Gasteiger partial charge in [-0.05, 0) is 24.3 Å². The Kier molecular flexibility index (Phi) is 2.86. The van der Waals surface area contributed by atoms with Crippen LogP contribution in [0.25, 0.3) is 0 Å². The molecule has 72 valence electrons. The summed E-state index contributed by atoms with van der Waals surface area (Å²) >= 11 is 0. The van der Waals surface area contributed by atoms with E-state index in [1.54, 1.807) is 0 Å². The smallest absolute Gasteiger partial charge is 0.0393 e.